The standard InChI is InChI=1S/C13H20N6O4/c14-6-2-1-3-7(10(15)20)18-11(21)8-4-5-9(23-8)12(22)19-13(16)17/h4-5,7H,1-3,6,14H2,(H2,15,20)(H,18,21)(H4,16,17,19,22)/p+1/t7-/m0/s1. The fourth-order valence-electron chi connectivity index (χ4n) is 1.79. The molecule has 0 spiro atoms. The number of carbonyl (C=O) groups excluding carboxylic acids is 3. The molecule has 0 unspecified atom stereocenters. The van der Waals surface area contributed by atoms with Gasteiger partial charge in [-0.1, -0.05) is 0 Å². The third-order valence-electron chi connectivity index (χ3n) is 2.91. The van der Waals surface area contributed by atoms with Crippen LogP contribution in [0.3, 0.4) is 0 Å². The van der Waals surface area contributed by atoms with Crippen molar-refractivity contribution in [3.05, 3.63) is 23.7 Å². The van der Waals surface area contributed by atoms with Crippen LogP contribution in [0.2, 0.25) is 0 Å². The predicted molar refractivity (Wildman–Crippen MR) is 80.9 cm³/mol. The summed E-state index contributed by atoms with van der Waals surface area (Å²) in [6, 6.07) is 1.71. The van der Waals surface area contributed by atoms with E-state index in [1.165, 1.54) is 12.1 Å². The molecule has 0 aliphatic rings. The molecule has 1 aromatic rings. The Morgan fingerprint density at radius 1 is 1.17 bits per heavy atom. The van der Waals surface area contributed by atoms with Gasteiger partial charge in [-0.15, -0.1) is 0 Å². The van der Waals surface area contributed by atoms with E-state index in [1.54, 1.807) is 0 Å². The van der Waals surface area contributed by atoms with Gasteiger partial charge < -0.3 is 32.7 Å². The number of aliphatic imine (C=N–C) groups is 1. The van der Waals surface area contributed by atoms with Crippen LogP contribution in [0.25, 0.3) is 0 Å². The van der Waals surface area contributed by atoms with Crippen molar-refractivity contribution < 1.29 is 24.5 Å². The zero-order valence-corrected chi connectivity index (χ0v) is 12.6. The molecule has 1 aromatic heterocycles. The molecule has 10 nitrogen and oxygen atoms in total. The number of hydrogen-bond acceptors (Lipinski definition) is 4. The van der Waals surface area contributed by atoms with Crippen molar-refractivity contribution in [2.24, 2.45) is 22.2 Å². The Morgan fingerprint density at radius 2 is 1.83 bits per heavy atom. The first-order valence-corrected chi connectivity index (χ1v) is 6.98. The number of nitrogens with two attached hydrogens (primary N) is 3. The zero-order valence-electron chi connectivity index (χ0n) is 12.6. The van der Waals surface area contributed by atoms with Gasteiger partial charge in [0.25, 0.3) is 5.91 Å². The minimum absolute atomic E-state index is 0.150. The Labute approximate surface area is 132 Å². The van der Waals surface area contributed by atoms with E-state index in [0.29, 0.717) is 12.8 Å². The molecule has 0 aromatic carbocycles. The van der Waals surface area contributed by atoms with E-state index in [4.69, 9.17) is 21.6 Å². The third-order valence-corrected chi connectivity index (χ3v) is 2.91. The SMILES string of the molecule is NC(=O)[C@H](CCCC[NH3+])NC(=O)c1ccc(C(=O)N=C(N)N)o1. The summed E-state index contributed by atoms with van der Waals surface area (Å²) in [4.78, 5) is 38.2. The van der Waals surface area contributed by atoms with Crippen LogP contribution < -0.4 is 28.3 Å². The largest absolute Gasteiger partial charge is 0.446 e. The maximum atomic E-state index is 12.0. The average Bonchev–Trinajstić information content (AvgIpc) is 2.95. The number of quaternary nitrogens is 1. The molecule has 0 saturated carbocycles. The molecular weight excluding hydrogens is 304 g/mol. The van der Waals surface area contributed by atoms with Crippen LogP contribution in [0.15, 0.2) is 21.5 Å². The predicted octanol–water partition coefficient (Wildman–Crippen LogP) is -2.31. The van der Waals surface area contributed by atoms with Crippen molar-refractivity contribution in [2.75, 3.05) is 6.54 Å². The second-order valence-corrected chi connectivity index (χ2v) is 4.78. The number of primary amides is 1. The van der Waals surface area contributed by atoms with Crippen LogP contribution in [-0.2, 0) is 4.79 Å². The first-order valence-electron chi connectivity index (χ1n) is 6.98. The molecular formula is C13H21N6O4+. The van der Waals surface area contributed by atoms with Gasteiger partial charge in [0.05, 0.1) is 6.54 Å². The maximum absolute atomic E-state index is 12.0. The summed E-state index contributed by atoms with van der Waals surface area (Å²) in [6.45, 7) is 0.730. The van der Waals surface area contributed by atoms with Gasteiger partial charge >= 0.3 is 5.91 Å². The highest BCUT2D eigenvalue weighted by Crippen LogP contribution is 2.10. The van der Waals surface area contributed by atoms with Gasteiger partial charge in [0.1, 0.15) is 6.04 Å². The molecule has 10 N–H and O–H groups in total. The molecule has 0 bridgehead atoms. The molecule has 1 heterocycles. The normalized spacial score (nSPS) is 11.5. The number of nitrogens with zero attached hydrogens (tertiary/aromatic N) is 1. The lowest BCUT2D eigenvalue weighted by molar-refractivity contribution is -0.368. The number of unbranched alkanes of at least 4 members (excludes halogenated alkanes) is 1. The van der Waals surface area contributed by atoms with Crippen molar-refractivity contribution in [2.45, 2.75) is 25.3 Å². The molecule has 0 fully saturated rings. The second kappa shape index (κ2) is 8.54. The Balaban J connectivity index is 2.73. The molecule has 23 heavy (non-hydrogen) atoms. The van der Waals surface area contributed by atoms with Gasteiger partial charge in [-0.25, -0.2) is 0 Å². The van der Waals surface area contributed by atoms with Gasteiger partial charge in [-0.3, -0.25) is 14.4 Å². The summed E-state index contributed by atoms with van der Waals surface area (Å²) in [5.41, 5.74) is 19.1. The lowest BCUT2D eigenvalue weighted by Gasteiger charge is -2.13. The number of guanidine groups is 1. The Hall–Kier alpha value is -2.88. The first-order chi connectivity index (χ1) is 10.8. The van der Waals surface area contributed by atoms with Crippen LogP contribution in [-0.4, -0.2) is 36.3 Å². The summed E-state index contributed by atoms with van der Waals surface area (Å²) < 4.78 is 5.07. The minimum Gasteiger partial charge on any atom is -0.446 e. The third kappa shape index (κ3) is 5.79. The van der Waals surface area contributed by atoms with Crippen LogP contribution in [0.4, 0.5) is 0 Å². The van der Waals surface area contributed by atoms with Crippen molar-refractivity contribution in [3.63, 3.8) is 0 Å². The van der Waals surface area contributed by atoms with E-state index in [0.717, 1.165) is 13.0 Å². The molecule has 10 heteroatoms. The molecule has 0 saturated heterocycles. The van der Waals surface area contributed by atoms with E-state index in [2.05, 4.69) is 16.0 Å². The molecule has 1 atom stereocenters. The lowest BCUT2D eigenvalue weighted by atomic mass is 10.1. The zero-order chi connectivity index (χ0) is 17.4. The minimum atomic E-state index is -0.823. The van der Waals surface area contributed by atoms with E-state index >= 15 is 0 Å². The summed E-state index contributed by atoms with van der Waals surface area (Å²) in [5, 5.41) is 2.46. The summed E-state index contributed by atoms with van der Waals surface area (Å²) in [5.74, 6) is -2.89. The molecule has 0 aliphatic carbocycles. The van der Waals surface area contributed by atoms with Crippen LogP contribution in [0.5, 0.6) is 0 Å². The maximum Gasteiger partial charge on any atom is 0.315 e. The van der Waals surface area contributed by atoms with E-state index in [1.807, 2.05) is 0 Å². The summed E-state index contributed by atoms with van der Waals surface area (Å²) in [6.07, 6.45) is 1.92. The topological polar surface area (TPSA) is 194 Å². The van der Waals surface area contributed by atoms with Crippen LogP contribution in [0, 0.1) is 0 Å². The summed E-state index contributed by atoms with van der Waals surface area (Å²) >= 11 is 0. The lowest BCUT2D eigenvalue weighted by Crippen LogP contribution is -2.50. The highest BCUT2D eigenvalue weighted by atomic mass is 16.4. The van der Waals surface area contributed by atoms with E-state index < -0.39 is 29.7 Å². The van der Waals surface area contributed by atoms with Crippen molar-refractivity contribution in [1.82, 2.24) is 5.32 Å². The number of furan rings is 1. The van der Waals surface area contributed by atoms with Gasteiger partial charge in [0.15, 0.2) is 17.5 Å². The highest BCUT2D eigenvalue weighted by molar-refractivity contribution is 6.01. The number of rotatable bonds is 8. The van der Waals surface area contributed by atoms with E-state index in [9.17, 15) is 14.4 Å². The second-order valence-electron chi connectivity index (χ2n) is 4.78. The first kappa shape index (κ1) is 18.2. The number of hydrogen-bond donors (Lipinski definition) is 5. The van der Waals surface area contributed by atoms with Gasteiger partial charge in [0.2, 0.25) is 5.91 Å². The number of nitrogens with one attached hydrogen (secondary N) is 1. The molecule has 1 rings (SSSR count). The number of carbonyl (C=O) groups is 3. The Kier molecular flexibility index (Phi) is 6.74. The van der Waals surface area contributed by atoms with Gasteiger partial charge in [-0.2, -0.15) is 4.99 Å². The van der Waals surface area contributed by atoms with Crippen molar-refractivity contribution in [3.8, 4) is 0 Å². The number of amides is 3. The van der Waals surface area contributed by atoms with Crippen LogP contribution >= 0.6 is 0 Å². The molecule has 3 amide bonds. The average molecular weight is 325 g/mol. The fourth-order valence-corrected chi connectivity index (χ4v) is 1.79. The smallest absolute Gasteiger partial charge is 0.315 e. The van der Waals surface area contributed by atoms with Crippen molar-refractivity contribution >= 4 is 23.7 Å². The quantitative estimate of drug-likeness (QED) is 0.202. The monoisotopic (exact) mass is 325 g/mol. The van der Waals surface area contributed by atoms with Crippen LogP contribution in [0.1, 0.15) is 40.4 Å². The Morgan fingerprint density at radius 3 is 2.39 bits per heavy atom. The van der Waals surface area contributed by atoms with Gasteiger partial charge in [0, 0.05) is 0 Å². The Bertz CT molecular complexity index is 605. The molecule has 126 valence electrons. The molecule has 0 aliphatic heterocycles. The van der Waals surface area contributed by atoms with Gasteiger partial charge in [-0.05, 0) is 31.4 Å². The fraction of sp³-hybridized carbons (Fsp3) is 0.385. The highest BCUT2D eigenvalue weighted by Gasteiger charge is 2.21. The molecule has 0 radical (unpaired) electrons. The van der Waals surface area contributed by atoms with Crippen molar-refractivity contribution in [1.29, 1.82) is 0 Å². The summed E-state index contributed by atoms with van der Waals surface area (Å²) in [7, 11) is 0. The van der Waals surface area contributed by atoms with E-state index in [-0.39, 0.29) is 11.5 Å².